The summed E-state index contributed by atoms with van der Waals surface area (Å²) in [5.74, 6) is -0.979. The van der Waals surface area contributed by atoms with Gasteiger partial charge in [-0.05, 0) is 43.7 Å². The number of allylic oxidation sites excluding steroid dienone is 1. The maximum absolute atomic E-state index is 12.8. The zero-order valence-electron chi connectivity index (χ0n) is 17.7. The Labute approximate surface area is 187 Å². The number of hydrogen-bond acceptors (Lipinski definition) is 6. The molecule has 0 saturated carbocycles. The highest BCUT2D eigenvalue weighted by Gasteiger charge is 2.34. The van der Waals surface area contributed by atoms with E-state index in [1.807, 2.05) is 19.1 Å². The fraction of sp³-hybridized carbons (Fsp3) is 0.391. The van der Waals surface area contributed by atoms with E-state index in [9.17, 15) is 9.59 Å². The van der Waals surface area contributed by atoms with Crippen molar-refractivity contribution in [2.75, 3.05) is 25.1 Å². The summed E-state index contributed by atoms with van der Waals surface area (Å²) in [5.41, 5.74) is 1.85. The van der Waals surface area contributed by atoms with Crippen LogP contribution in [0.4, 0.5) is 5.69 Å². The van der Waals surface area contributed by atoms with Crippen LogP contribution in [0.5, 0.6) is 0 Å². The van der Waals surface area contributed by atoms with Crippen molar-refractivity contribution >= 4 is 29.2 Å². The topological polar surface area (TPSA) is 94.1 Å². The van der Waals surface area contributed by atoms with Crippen molar-refractivity contribution in [3.8, 4) is 0 Å². The van der Waals surface area contributed by atoms with E-state index in [4.69, 9.17) is 30.9 Å². The number of carbonyl (C=O) groups is 2. The van der Waals surface area contributed by atoms with Crippen LogP contribution in [0.3, 0.4) is 0 Å². The summed E-state index contributed by atoms with van der Waals surface area (Å²) in [4.78, 5) is 24.8. The normalized spacial score (nSPS) is 20.0. The van der Waals surface area contributed by atoms with Gasteiger partial charge in [-0.3, -0.25) is 9.59 Å². The highest BCUT2D eigenvalue weighted by atomic mass is 35.5. The van der Waals surface area contributed by atoms with Crippen molar-refractivity contribution in [2.45, 2.75) is 38.6 Å². The van der Waals surface area contributed by atoms with Crippen LogP contribution in [0, 0.1) is 0 Å². The molecule has 8 heteroatoms. The van der Waals surface area contributed by atoms with Gasteiger partial charge in [-0.2, -0.15) is 0 Å². The van der Waals surface area contributed by atoms with E-state index in [0.717, 1.165) is 0 Å². The third-order valence-corrected chi connectivity index (χ3v) is 4.69. The molecular formula is C23H28ClNO6. The number of aliphatic hydroxyl groups is 1. The second-order valence-corrected chi connectivity index (χ2v) is 7.13. The lowest BCUT2D eigenvalue weighted by Crippen LogP contribution is -2.32. The van der Waals surface area contributed by atoms with Gasteiger partial charge in [-0.25, -0.2) is 0 Å². The Kier molecular flexibility index (Phi) is 9.94. The Bertz CT molecular complexity index is 850. The highest BCUT2D eigenvalue weighted by Crippen LogP contribution is 2.38. The van der Waals surface area contributed by atoms with E-state index in [2.05, 4.69) is 11.9 Å². The van der Waals surface area contributed by atoms with Gasteiger partial charge in [0.15, 0.2) is 0 Å². The van der Waals surface area contributed by atoms with Crippen molar-refractivity contribution in [3.63, 3.8) is 0 Å². The number of nitrogens with one attached hydrogen (secondary N) is 1. The molecule has 168 valence electrons. The Morgan fingerprint density at radius 3 is 2.87 bits per heavy atom. The Balaban J connectivity index is 2.51. The fourth-order valence-corrected chi connectivity index (χ4v) is 3.31. The molecule has 2 rings (SSSR count). The van der Waals surface area contributed by atoms with Crippen LogP contribution >= 0.6 is 11.6 Å². The Morgan fingerprint density at radius 1 is 1.45 bits per heavy atom. The average molecular weight is 450 g/mol. The zero-order valence-corrected chi connectivity index (χ0v) is 18.4. The van der Waals surface area contributed by atoms with Gasteiger partial charge in [0, 0.05) is 16.3 Å². The molecule has 1 aromatic rings. The number of amides is 1. The first-order valence-electron chi connectivity index (χ1n) is 10.0. The summed E-state index contributed by atoms with van der Waals surface area (Å²) in [6.07, 6.45) is 4.52. The van der Waals surface area contributed by atoms with Crippen LogP contribution in [0.25, 0.3) is 0 Å². The number of esters is 1. The molecule has 3 atom stereocenters. The lowest BCUT2D eigenvalue weighted by Gasteiger charge is -2.23. The van der Waals surface area contributed by atoms with Crippen molar-refractivity contribution in [1.29, 1.82) is 0 Å². The number of aliphatic hydroxyl groups excluding tert-OH is 1. The van der Waals surface area contributed by atoms with Crippen LogP contribution in [0.1, 0.15) is 31.9 Å². The molecule has 1 aliphatic heterocycles. The highest BCUT2D eigenvalue weighted by molar-refractivity contribution is 6.30. The number of benzene rings is 1. The third kappa shape index (κ3) is 7.04. The van der Waals surface area contributed by atoms with Crippen LogP contribution in [-0.2, 0) is 23.8 Å². The second kappa shape index (κ2) is 12.4. The second-order valence-electron chi connectivity index (χ2n) is 6.70. The quantitative estimate of drug-likeness (QED) is 0.321. The molecule has 1 aromatic carbocycles. The van der Waals surface area contributed by atoms with Crippen molar-refractivity contribution in [3.05, 3.63) is 65.2 Å². The van der Waals surface area contributed by atoms with Crippen LogP contribution in [-0.4, -0.2) is 49.0 Å². The van der Waals surface area contributed by atoms with Gasteiger partial charge >= 0.3 is 5.97 Å². The molecule has 0 aromatic heterocycles. The fourth-order valence-electron chi connectivity index (χ4n) is 3.13. The first-order chi connectivity index (χ1) is 14.9. The summed E-state index contributed by atoms with van der Waals surface area (Å²) >= 11 is 6.23. The van der Waals surface area contributed by atoms with Gasteiger partial charge in [-0.15, -0.1) is 6.58 Å². The van der Waals surface area contributed by atoms with Gasteiger partial charge in [-0.1, -0.05) is 29.8 Å². The monoisotopic (exact) mass is 449 g/mol. The molecule has 0 radical (unpaired) electrons. The largest absolute Gasteiger partial charge is 0.466 e. The number of rotatable bonds is 10. The van der Waals surface area contributed by atoms with Gasteiger partial charge in [0.25, 0.3) is 5.91 Å². The molecule has 7 nitrogen and oxygen atoms in total. The molecular weight excluding hydrogens is 422 g/mol. The number of hydrogen-bond donors (Lipinski definition) is 2. The molecule has 1 heterocycles. The molecule has 0 bridgehead atoms. The van der Waals surface area contributed by atoms with Gasteiger partial charge in [0.2, 0.25) is 0 Å². The average Bonchev–Trinajstić information content (AvgIpc) is 2.87. The number of anilines is 1. The number of fused-ring (bicyclic) bond motifs is 1. The zero-order chi connectivity index (χ0) is 22.8. The number of halogens is 1. The summed E-state index contributed by atoms with van der Waals surface area (Å²) in [6.45, 7) is 7.53. The molecule has 0 saturated heterocycles. The standard InChI is InChI=1S/C23H28ClNO6/c1-4-7-15(12-17(5-2)30-11-10-26)22-18-13-16(24)8-9-19(18)25-23(28)20(31-22)14-21(27)29-6-3/h4-5,7-9,12-13,17,20,22,26H,2,6,10-11,14H2,1,3H3,(H,25,28)/b7-4-,15-12?. The summed E-state index contributed by atoms with van der Waals surface area (Å²) in [5, 5.41) is 12.3. The minimum absolute atomic E-state index is 0.129. The Hall–Kier alpha value is -2.45. The first kappa shape index (κ1) is 24.8. The molecule has 31 heavy (non-hydrogen) atoms. The smallest absolute Gasteiger partial charge is 0.308 e. The van der Waals surface area contributed by atoms with E-state index >= 15 is 0 Å². The molecule has 0 spiro atoms. The lowest BCUT2D eigenvalue weighted by atomic mass is 9.97. The van der Waals surface area contributed by atoms with Crippen LogP contribution in [0.2, 0.25) is 5.02 Å². The van der Waals surface area contributed by atoms with E-state index < -0.39 is 30.2 Å². The maximum atomic E-state index is 12.8. The molecule has 3 unspecified atom stereocenters. The minimum atomic E-state index is -1.07. The van der Waals surface area contributed by atoms with E-state index in [1.54, 1.807) is 37.3 Å². The molecule has 1 amide bonds. The lowest BCUT2D eigenvalue weighted by molar-refractivity contribution is -0.150. The van der Waals surface area contributed by atoms with E-state index in [1.165, 1.54) is 0 Å². The Morgan fingerprint density at radius 2 is 2.23 bits per heavy atom. The van der Waals surface area contributed by atoms with Gasteiger partial charge < -0.3 is 24.6 Å². The van der Waals surface area contributed by atoms with Crippen molar-refractivity contribution in [2.24, 2.45) is 0 Å². The predicted molar refractivity (Wildman–Crippen MR) is 119 cm³/mol. The van der Waals surface area contributed by atoms with Crippen LogP contribution in [0.15, 0.2) is 54.7 Å². The molecule has 0 aliphatic carbocycles. The SMILES string of the molecule is C=CC(C=C(/C=C\C)C1OC(CC(=O)OCC)C(=O)Nc2ccc(Cl)cc21)OCCO. The van der Waals surface area contributed by atoms with Crippen molar-refractivity contribution in [1.82, 2.24) is 0 Å². The number of ether oxygens (including phenoxy) is 3. The predicted octanol–water partition coefficient (Wildman–Crippen LogP) is 3.74. The minimum Gasteiger partial charge on any atom is -0.466 e. The van der Waals surface area contributed by atoms with Crippen LogP contribution < -0.4 is 5.32 Å². The maximum Gasteiger partial charge on any atom is 0.308 e. The first-order valence-corrected chi connectivity index (χ1v) is 10.4. The van der Waals surface area contributed by atoms with Gasteiger partial charge in [0.1, 0.15) is 12.2 Å². The molecule has 0 fully saturated rings. The molecule has 1 aliphatic rings. The van der Waals surface area contributed by atoms with Gasteiger partial charge in [0.05, 0.1) is 32.3 Å². The molecule has 2 N–H and O–H groups in total. The van der Waals surface area contributed by atoms with E-state index in [0.29, 0.717) is 21.8 Å². The summed E-state index contributed by atoms with van der Waals surface area (Å²) in [6, 6.07) is 5.07. The third-order valence-electron chi connectivity index (χ3n) is 4.46. The van der Waals surface area contributed by atoms with Crippen molar-refractivity contribution < 1.29 is 28.9 Å². The number of carbonyl (C=O) groups excluding carboxylic acids is 2. The van der Waals surface area contributed by atoms with E-state index in [-0.39, 0.29) is 26.2 Å². The summed E-state index contributed by atoms with van der Waals surface area (Å²) in [7, 11) is 0. The summed E-state index contributed by atoms with van der Waals surface area (Å²) < 4.78 is 16.7.